The van der Waals surface area contributed by atoms with Crippen LogP contribution in [0.5, 0.6) is 0 Å². The summed E-state index contributed by atoms with van der Waals surface area (Å²) in [5.74, 6) is 0.0864. The van der Waals surface area contributed by atoms with E-state index in [0.29, 0.717) is 19.4 Å². The van der Waals surface area contributed by atoms with Crippen LogP contribution in [0.1, 0.15) is 67.6 Å². The molecule has 3 aliphatic rings. The number of aryl methyl sites for hydroxylation is 1. The third kappa shape index (κ3) is 4.42. The van der Waals surface area contributed by atoms with Gasteiger partial charge in [0, 0.05) is 85.2 Å². The number of fused-ring (bicyclic) bond motifs is 2. The van der Waals surface area contributed by atoms with Crippen molar-refractivity contribution in [3.8, 4) is 0 Å². The van der Waals surface area contributed by atoms with Gasteiger partial charge in [0.05, 0.1) is 0 Å². The van der Waals surface area contributed by atoms with Crippen molar-refractivity contribution < 1.29 is 14.3 Å². The fraction of sp³-hybridized carbons (Fsp3) is 0.351. The third-order valence-electron chi connectivity index (χ3n) is 9.55. The number of hydrogen-bond acceptors (Lipinski definition) is 4. The molecule has 7 rings (SSSR count). The van der Waals surface area contributed by atoms with Gasteiger partial charge < -0.3 is 14.2 Å². The molecule has 0 bridgehead atoms. The predicted molar refractivity (Wildman–Crippen MR) is 167 cm³/mol. The summed E-state index contributed by atoms with van der Waals surface area (Å²) >= 11 is 0. The molecule has 1 aromatic heterocycles. The lowest BCUT2D eigenvalue weighted by Crippen LogP contribution is -2.39. The van der Waals surface area contributed by atoms with Crippen LogP contribution in [0, 0.1) is 6.92 Å². The highest BCUT2D eigenvalue weighted by atomic mass is 16.5. The van der Waals surface area contributed by atoms with Crippen LogP contribution in [0.2, 0.25) is 0 Å². The third-order valence-corrected chi connectivity index (χ3v) is 9.55. The van der Waals surface area contributed by atoms with Crippen LogP contribution >= 0.6 is 0 Å². The van der Waals surface area contributed by atoms with Gasteiger partial charge in [-0.05, 0) is 72.6 Å². The average Bonchev–Trinajstić information content (AvgIpc) is 3.37. The van der Waals surface area contributed by atoms with Crippen LogP contribution in [0.15, 0.2) is 89.4 Å². The molecule has 2 heterocycles. The number of para-hydroxylation sites is 1. The lowest BCUT2D eigenvalue weighted by molar-refractivity contribution is -0.117. The number of methoxy groups -OCH3 is 1. The van der Waals surface area contributed by atoms with Gasteiger partial charge in [-0.25, -0.2) is 0 Å². The lowest BCUT2D eigenvalue weighted by atomic mass is 9.71. The van der Waals surface area contributed by atoms with E-state index in [-0.39, 0.29) is 17.5 Å². The molecule has 0 fully saturated rings. The summed E-state index contributed by atoms with van der Waals surface area (Å²) in [6.07, 6.45) is 7.69. The molecule has 42 heavy (non-hydrogen) atoms. The van der Waals surface area contributed by atoms with Crippen molar-refractivity contribution in [2.45, 2.75) is 64.3 Å². The number of carbonyl (C=O) groups excluding carboxylic acids is 2. The molecule has 0 spiro atoms. The van der Waals surface area contributed by atoms with Crippen LogP contribution in [-0.2, 0) is 20.9 Å². The van der Waals surface area contributed by atoms with Crippen molar-refractivity contribution in [3.05, 3.63) is 106 Å². The van der Waals surface area contributed by atoms with Gasteiger partial charge >= 0.3 is 0 Å². The first-order valence-corrected chi connectivity index (χ1v) is 15.4. The second-order valence-electron chi connectivity index (χ2n) is 12.0. The number of allylic oxidation sites excluding steroid dienone is 4. The molecule has 0 unspecified atom stereocenters. The fourth-order valence-electron chi connectivity index (χ4n) is 7.63. The topological polar surface area (TPSA) is 51.5 Å². The van der Waals surface area contributed by atoms with Gasteiger partial charge in [0.25, 0.3) is 0 Å². The Morgan fingerprint density at radius 1 is 0.810 bits per heavy atom. The minimum Gasteiger partial charge on any atom is -0.385 e. The van der Waals surface area contributed by atoms with E-state index in [9.17, 15) is 9.59 Å². The van der Waals surface area contributed by atoms with E-state index in [4.69, 9.17) is 4.74 Å². The van der Waals surface area contributed by atoms with Crippen molar-refractivity contribution >= 4 is 33.2 Å². The molecule has 0 N–H and O–H groups in total. The zero-order valence-corrected chi connectivity index (χ0v) is 24.6. The van der Waals surface area contributed by atoms with Gasteiger partial charge in [-0.2, -0.15) is 0 Å². The zero-order chi connectivity index (χ0) is 28.8. The molecular formula is C37H38N2O3. The van der Waals surface area contributed by atoms with Gasteiger partial charge in [0.15, 0.2) is 11.6 Å². The summed E-state index contributed by atoms with van der Waals surface area (Å²) < 4.78 is 7.72. The van der Waals surface area contributed by atoms with Crippen molar-refractivity contribution in [1.82, 2.24) is 9.47 Å². The molecule has 0 atom stereocenters. The van der Waals surface area contributed by atoms with Crippen molar-refractivity contribution in [1.29, 1.82) is 0 Å². The Balaban J connectivity index is 1.42. The Hall–Kier alpha value is -3.96. The van der Waals surface area contributed by atoms with Gasteiger partial charge in [0.2, 0.25) is 0 Å². The monoisotopic (exact) mass is 558 g/mol. The lowest BCUT2D eigenvalue weighted by Gasteiger charge is -2.44. The Bertz CT molecular complexity index is 1750. The van der Waals surface area contributed by atoms with E-state index < -0.39 is 0 Å². The molecule has 5 heteroatoms. The van der Waals surface area contributed by atoms with E-state index in [0.717, 1.165) is 84.2 Å². The number of carbonyl (C=O) groups is 2. The zero-order valence-electron chi connectivity index (χ0n) is 24.6. The standard InChI is InChI=1S/C37H38N2O3/c1-24-18-19-25-10-3-4-11-26(25)28(24)22-38-23-29(27-12-5-6-13-30(27)38)35-36-31(14-7-16-33(36)40)39(20-9-21-42-2)32-15-8-17-34(41)37(32)35/h3-6,10-13,18-19,23,35H,7-9,14-17,20-22H2,1-2H3. The molecule has 2 aliphatic carbocycles. The second kappa shape index (κ2) is 11.0. The Kier molecular flexibility index (Phi) is 7.07. The van der Waals surface area contributed by atoms with Crippen molar-refractivity contribution in [3.63, 3.8) is 0 Å². The first-order chi connectivity index (χ1) is 20.6. The highest BCUT2D eigenvalue weighted by Crippen LogP contribution is 2.50. The van der Waals surface area contributed by atoms with E-state index in [1.165, 1.54) is 21.9 Å². The molecule has 214 valence electrons. The summed E-state index contributed by atoms with van der Waals surface area (Å²) in [6, 6.07) is 21.5. The molecule has 5 nitrogen and oxygen atoms in total. The normalized spacial score (nSPS) is 17.9. The Morgan fingerprint density at radius 3 is 2.19 bits per heavy atom. The van der Waals surface area contributed by atoms with Crippen LogP contribution < -0.4 is 0 Å². The van der Waals surface area contributed by atoms with Crippen molar-refractivity contribution in [2.75, 3.05) is 20.3 Å². The van der Waals surface area contributed by atoms with Crippen LogP contribution in [0.3, 0.4) is 0 Å². The summed E-state index contributed by atoms with van der Waals surface area (Å²) in [7, 11) is 1.73. The number of Topliss-reactive ketones (excluding diaryl/α,β-unsaturated/α-hetero) is 2. The average molecular weight is 559 g/mol. The second-order valence-corrected chi connectivity index (χ2v) is 12.0. The highest BCUT2D eigenvalue weighted by molar-refractivity contribution is 6.07. The van der Waals surface area contributed by atoms with Gasteiger partial charge in [-0.1, -0.05) is 54.6 Å². The number of rotatable bonds is 7. The minimum absolute atomic E-state index is 0.199. The van der Waals surface area contributed by atoms with Crippen LogP contribution in [-0.4, -0.2) is 41.3 Å². The summed E-state index contributed by atoms with van der Waals surface area (Å²) in [6.45, 7) is 4.35. The molecule has 0 saturated heterocycles. The van der Waals surface area contributed by atoms with Crippen molar-refractivity contribution in [2.24, 2.45) is 0 Å². The maximum Gasteiger partial charge on any atom is 0.161 e. The number of ether oxygens (including phenoxy) is 1. The highest BCUT2D eigenvalue weighted by Gasteiger charge is 2.44. The van der Waals surface area contributed by atoms with E-state index in [2.05, 4.69) is 83.3 Å². The minimum atomic E-state index is -0.311. The first kappa shape index (κ1) is 26.9. The maximum atomic E-state index is 13.8. The molecule has 0 amide bonds. The number of benzene rings is 3. The fourth-order valence-corrected chi connectivity index (χ4v) is 7.63. The van der Waals surface area contributed by atoms with Gasteiger partial charge in [0.1, 0.15) is 0 Å². The number of nitrogens with zero attached hydrogens (tertiary/aromatic N) is 2. The number of hydrogen-bond donors (Lipinski definition) is 0. The molecule has 0 radical (unpaired) electrons. The maximum absolute atomic E-state index is 13.8. The SMILES string of the molecule is COCCCN1C2=C(C(=O)CCC2)C(c2cn(Cc3c(C)ccc4ccccc34)c3ccccc23)C2=C1CCCC2=O. The Labute approximate surface area is 247 Å². The molecule has 0 saturated carbocycles. The molecule has 3 aromatic carbocycles. The van der Waals surface area contributed by atoms with Gasteiger partial charge in [-0.3, -0.25) is 9.59 Å². The smallest absolute Gasteiger partial charge is 0.161 e. The Morgan fingerprint density at radius 2 is 1.48 bits per heavy atom. The number of ketones is 2. The van der Waals surface area contributed by atoms with Gasteiger partial charge in [-0.15, -0.1) is 0 Å². The summed E-state index contributed by atoms with van der Waals surface area (Å²) in [5.41, 5.74) is 8.79. The largest absolute Gasteiger partial charge is 0.385 e. The molecular weight excluding hydrogens is 520 g/mol. The number of aromatic nitrogens is 1. The van der Waals surface area contributed by atoms with E-state index >= 15 is 0 Å². The molecule has 1 aliphatic heterocycles. The predicted octanol–water partition coefficient (Wildman–Crippen LogP) is 7.60. The van der Waals surface area contributed by atoms with E-state index in [1.807, 2.05) is 0 Å². The molecule has 4 aromatic rings. The van der Waals surface area contributed by atoms with Crippen LogP contribution in [0.25, 0.3) is 21.7 Å². The first-order valence-electron chi connectivity index (χ1n) is 15.4. The quantitative estimate of drug-likeness (QED) is 0.219. The van der Waals surface area contributed by atoms with Crippen LogP contribution in [0.4, 0.5) is 0 Å². The summed E-state index contributed by atoms with van der Waals surface area (Å²) in [4.78, 5) is 30.0. The summed E-state index contributed by atoms with van der Waals surface area (Å²) in [5, 5.41) is 3.63. The van der Waals surface area contributed by atoms with E-state index in [1.54, 1.807) is 7.11 Å².